The first-order valence-corrected chi connectivity index (χ1v) is 4.70. The molecule has 72 valence electrons. The molecule has 13 heavy (non-hydrogen) atoms. The summed E-state index contributed by atoms with van der Waals surface area (Å²) in [4.78, 5) is 14.6. The van der Waals surface area contributed by atoms with Crippen LogP contribution in [0.15, 0.2) is 0 Å². The van der Waals surface area contributed by atoms with Gasteiger partial charge in [0.25, 0.3) is 5.19 Å². The Morgan fingerprint density at radius 3 is 2.92 bits per heavy atom. The summed E-state index contributed by atoms with van der Waals surface area (Å²) in [5.74, 6) is 0. The van der Waals surface area contributed by atoms with Crippen molar-refractivity contribution < 1.29 is 14.3 Å². The third kappa shape index (κ3) is 2.95. The number of nitrogens with zero attached hydrogens (tertiary/aromatic N) is 1. The van der Waals surface area contributed by atoms with Crippen molar-refractivity contribution in [1.82, 2.24) is 4.98 Å². The highest BCUT2D eigenvalue weighted by Gasteiger charge is 2.08. The molecule has 0 N–H and O–H groups in total. The Morgan fingerprint density at radius 1 is 1.62 bits per heavy atom. The van der Waals surface area contributed by atoms with Crippen molar-refractivity contribution in [2.45, 2.75) is 0 Å². The van der Waals surface area contributed by atoms with Crippen LogP contribution in [0.5, 0.6) is 5.19 Å². The second-order valence-corrected chi connectivity index (χ2v) is 3.45. The average molecular weight is 222 g/mol. The fourth-order valence-corrected chi connectivity index (χ4v) is 1.57. The van der Waals surface area contributed by atoms with Crippen molar-refractivity contribution in [3.8, 4) is 5.19 Å². The second kappa shape index (κ2) is 5.16. The summed E-state index contributed by atoms with van der Waals surface area (Å²) < 4.78 is 9.93. The fourth-order valence-electron chi connectivity index (χ4n) is 0.641. The molecule has 0 fully saturated rings. The predicted molar refractivity (Wildman–Crippen MR) is 49.9 cm³/mol. The van der Waals surface area contributed by atoms with E-state index in [1.54, 1.807) is 7.11 Å². The van der Waals surface area contributed by atoms with Gasteiger partial charge in [-0.25, -0.2) is 0 Å². The van der Waals surface area contributed by atoms with Gasteiger partial charge in [0.15, 0.2) is 11.4 Å². The van der Waals surface area contributed by atoms with Crippen molar-refractivity contribution in [3.05, 3.63) is 10.0 Å². The summed E-state index contributed by atoms with van der Waals surface area (Å²) in [5, 5.41) is 0.580. The molecule has 0 bridgehead atoms. The molecule has 0 aliphatic carbocycles. The van der Waals surface area contributed by atoms with Crippen LogP contribution in [0.3, 0.4) is 0 Å². The van der Waals surface area contributed by atoms with Gasteiger partial charge in [-0.05, 0) is 0 Å². The lowest BCUT2D eigenvalue weighted by Crippen LogP contribution is -2.03. The van der Waals surface area contributed by atoms with Gasteiger partial charge in [0, 0.05) is 7.11 Å². The van der Waals surface area contributed by atoms with E-state index in [0.29, 0.717) is 29.6 Å². The van der Waals surface area contributed by atoms with E-state index < -0.39 is 0 Å². The lowest BCUT2D eigenvalue weighted by atomic mass is 10.6. The number of ether oxygens (including phenoxy) is 2. The Bertz CT molecular complexity index is 289. The van der Waals surface area contributed by atoms with E-state index in [-0.39, 0.29) is 5.15 Å². The first kappa shape index (κ1) is 10.4. The number of aromatic nitrogens is 1. The van der Waals surface area contributed by atoms with Crippen LogP contribution in [-0.4, -0.2) is 31.6 Å². The third-order valence-electron chi connectivity index (χ3n) is 1.21. The molecule has 0 aliphatic rings. The van der Waals surface area contributed by atoms with Gasteiger partial charge < -0.3 is 9.47 Å². The Kier molecular flexibility index (Phi) is 4.14. The van der Waals surface area contributed by atoms with E-state index in [4.69, 9.17) is 21.1 Å². The largest absolute Gasteiger partial charge is 0.468 e. The number of halogens is 1. The molecular weight excluding hydrogens is 214 g/mol. The molecule has 0 amide bonds. The Morgan fingerprint density at radius 2 is 2.38 bits per heavy atom. The zero-order valence-corrected chi connectivity index (χ0v) is 8.52. The van der Waals surface area contributed by atoms with Crippen molar-refractivity contribution in [1.29, 1.82) is 0 Å². The number of carbonyl (C=O) groups excluding carboxylic acids is 1. The van der Waals surface area contributed by atoms with E-state index in [0.717, 1.165) is 11.3 Å². The van der Waals surface area contributed by atoms with Gasteiger partial charge in [0.05, 0.1) is 6.61 Å². The van der Waals surface area contributed by atoms with Crippen molar-refractivity contribution in [2.75, 3.05) is 20.3 Å². The molecule has 0 aliphatic heterocycles. The van der Waals surface area contributed by atoms with Gasteiger partial charge in [-0.1, -0.05) is 22.9 Å². The molecule has 1 aromatic heterocycles. The SMILES string of the molecule is COCCOc1nc(Cl)c(C=O)s1. The van der Waals surface area contributed by atoms with E-state index in [1.807, 2.05) is 0 Å². The Labute approximate surface area is 84.4 Å². The van der Waals surface area contributed by atoms with Crippen LogP contribution in [0.2, 0.25) is 5.15 Å². The Hall–Kier alpha value is -0.650. The van der Waals surface area contributed by atoms with E-state index in [2.05, 4.69) is 4.98 Å². The number of aldehydes is 1. The maximum atomic E-state index is 10.4. The summed E-state index contributed by atoms with van der Waals surface area (Å²) in [5.41, 5.74) is 0. The zero-order valence-electron chi connectivity index (χ0n) is 6.95. The number of hydrogen-bond donors (Lipinski definition) is 0. The number of thiazole rings is 1. The molecule has 0 aromatic carbocycles. The van der Waals surface area contributed by atoms with E-state index >= 15 is 0 Å². The minimum absolute atomic E-state index is 0.187. The minimum atomic E-state index is 0.187. The summed E-state index contributed by atoms with van der Waals surface area (Å²) in [6, 6.07) is 0. The average Bonchev–Trinajstić information content (AvgIpc) is 2.47. The molecule has 0 spiro atoms. The molecule has 0 unspecified atom stereocenters. The van der Waals surface area contributed by atoms with Crippen LogP contribution >= 0.6 is 22.9 Å². The molecule has 1 aromatic rings. The maximum Gasteiger partial charge on any atom is 0.275 e. The normalized spacial score (nSPS) is 10.0. The molecule has 0 saturated heterocycles. The second-order valence-electron chi connectivity index (χ2n) is 2.09. The molecule has 0 radical (unpaired) electrons. The van der Waals surface area contributed by atoms with E-state index in [1.165, 1.54) is 0 Å². The highest BCUT2D eigenvalue weighted by Crippen LogP contribution is 2.26. The smallest absolute Gasteiger partial charge is 0.275 e. The predicted octanol–water partition coefficient (Wildman–Crippen LogP) is 1.63. The minimum Gasteiger partial charge on any atom is -0.468 e. The van der Waals surface area contributed by atoms with Gasteiger partial charge in [-0.15, -0.1) is 0 Å². The zero-order chi connectivity index (χ0) is 9.68. The van der Waals surface area contributed by atoms with E-state index in [9.17, 15) is 4.79 Å². The lowest BCUT2D eigenvalue weighted by molar-refractivity contribution is 0.112. The monoisotopic (exact) mass is 221 g/mol. The number of rotatable bonds is 5. The van der Waals surface area contributed by atoms with Crippen LogP contribution in [0.4, 0.5) is 0 Å². The molecular formula is C7H8ClNO3S. The van der Waals surface area contributed by atoms with Crippen LogP contribution in [0, 0.1) is 0 Å². The van der Waals surface area contributed by atoms with Gasteiger partial charge in [-0.3, -0.25) is 4.79 Å². The molecule has 0 atom stereocenters. The Balaban J connectivity index is 2.52. The van der Waals surface area contributed by atoms with Gasteiger partial charge in [0.2, 0.25) is 0 Å². The van der Waals surface area contributed by atoms with Crippen LogP contribution in [-0.2, 0) is 4.74 Å². The first-order valence-electron chi connectivity index (χ1n) is 3.51. The van der Waals surface area contributed by atoms with Crippen molar-refractivity contribution in [3.63, 3.8) is 0 Å². The quantitative estimate of drug-likeness (QED) is 0.560. The van der Waals surface area contributed by atoms with Crippen molar-refractivity contribution in [2.24, 2.45) is 0 Å². The molecule has 1 rings (SSSR count). The number of carbonyl (C=O) groups is 1. The highest BCUT2D eigenvalue weighted by molar-refractivity contribution is 7.15. The summed E-state index contributed by atoms with van der Waals surface area (Å²) in [7, 11) is 1.58. The maximum absolute atomic E-state index is 10.4. The lowest BCUT2D eigenvalue weighted by Gasteiger charge is -1.98. The standard InChI is InChI=1S/C7H8ClNO3S/c1-11-2-3-12-7-9-6(8)5(4-10)13-7/h4H,2-3H2,1H3. The molecule has 6 heteroatoms. The summed E-state index contributed by atoms with van der Waals surface area (Å²) in [6.45, 7) is 0.881. The fraction of sp³-hybridized carbons (Fsp3) is 0.429. The van der Waals surface area contributed by atoms with Crippen LogP contribution in [0.1, 0.15) is 9.67 Å². The number of hydrogen-bond acceptors (Lipinski definition) is 5. The van der Waals surface area contributed by atoms with Gasteiger partial charge in [0.1, 0.15) is 11.5 Å². The van der Waals surface area contributed by atoms with Crippen LogP contribution < -0.4 is 4.74 Å². The van der Waals surface area contributed by atoms with Crippen LogP contribution in [0.25, 0.3) is 0 Å². The van der Waals surface area contributed by atoms with Crippen molar-refractivity contribution >= 4 is 29.2 Å². The topological polar surface area (TPSA) is 48.4 Å². The third-order valence-corrected chi connectivity index (χ3v) is 2.50. The first-order chi connectivity index (χ1) is 6.27. The summed E-state index contributed by atoms with van der Waals surface area (Å²) in [6.07, 6.45) is 0.656. The number of methoxy groups -OCH3 is 1. The van der Waals surface area contributed by atoms with Gasteiger partial charge >= 0.3 is 0 Å². The van der Waals surface area contributed by atoms with Gasteiger partial charge in [-0.2, -0.15) is 4.98 Å². The molecule has 1 heterocycles. The summed E-state index contributed by atoms with van der Waals surface area (Å²) >= 11 is 6.74. The molecule has 0 saturated carbocycles. The molecule has 4 nitrogen and oxygen atoms in total. The highest BCUT2D eigenvalue weighted by atomic mass is 35.5.